The maximum atomic E-state index is 12.6. The summed E-state index contributed by atoms with van der Waals surface area (Å²) in [6, 6.07) is 32.3. The van der Waals surface area contributed by atoms with E-state index in [4.69, 9.17) is 4.74 Å². The Morgan fingerprint density at radius 2 is 1.50 bits per heavy atom. The molecule has 1 aliphatic carbocycles. The second-order valence-electron chi connectivity index (χ2n) is 8.82. The Morgan fingerprint density at radius 1 is 0.824 bits per heavy atom. The van der Waals surface area contributed by atoms with E-state index in [1.54, 1.807) is 6.20 Å². The van der Waals surface area contributed by atoms with Crippen LogP contribution in [0.2, 0.25) is 0 Å². The number of amides is 1. The van der Waals surface area contributed by atoms with Gasteiger partial charge in [-0.3, -0.25) is 9.78 Å². The number of nitrogens with zero attached hydrogens (tertiary/aromatic N) is 1. The third kappa shape index (κ3) is 4.72. The Hall–Kier alpha value is -3.92. The fourth-order valence-electron chi connectivity index (χ4n) is 4.61. The number of pyridine rings is 1. The molecule has 1 heterocycles. The van der Waals surface area contributed by atoms with Crippen LogP contribution in [0.5, 0.6) is 5.75 Å². The standard InChI is InChI=1S/C30H28N2O2/c33-29(32-21-23-7-2-1-3-8-23)24-10-12-25(13-11-24)30(18-6-19-30)26-14-16-28(17-15-26)34-22-27-9-4-5-20-31-27/h1-5,7-17,20H,6,18-19,21-22H2,(H,32,33). The average Bonchev–Trinajstić information content (AvgIpc) is 2.88. The minimum atomic E-state index is -0.0486. The van der Waals surface area contributed by atoms with Gasteiger partial charge in [-0.15, -0.1) is 0 Å². The molecule has 0 aliphatic heterocycles. The van der Waals surface area contributed by atoms with Crippen LogP contribution in [0.3, 0.4) is 0 Å². The van der Waals surface area contributed by atoms with Crippen molar-refractivity contribution in [3.05, 3.63) is 131 Å². The number of hydrogen-bond donors (Lipinski definition) is 1. The molecule has 1 amide bonds. The van der Waals surface area contributed by atoms with Crippen LogP contribution in [0.15, 0.2) is 103 Å². The molecule has 1 saturated carbocycles. The molecule has 0 unspecified atom stereocenters. The van der Waals surface area contributed by atoms with Gasteiger partial charge < -0.3 is 10.1 Å². The van der Waals surface area contributed by atoms with Gasteiger partial charge >= 0.3 is 0 Å². The van der Waals surface area contributed by atoms with Crippen molar-refractivity contribution in [3.8, 4) is 5.75 Å². The monoisotopic (exact) mass is 448 g/mol. The molecule has 4 heteroatoms. The van der Waals surface area contributed by atoms with Gasteiger partial charge in [0, 0.05) is 23.7 Å². The van der Waals surface area contributed by atoms with Crippen LogP contribution < -0.4 is 10.1 Å². The number of hydrogen-bond acceptors (Lipinski definition) is 3. The smallest absolute Gasteiger partial charge is 0.251 e. The number of aromatic nitrogens is 1. The van der Waals surface area contributed by atoms with Gasteiger partial charge in [-0.1, -0.05) is 67.1 Å². The van der Waals surface area contributed by atoms with Crippen LogP contribution >= 0.6 is 0 Å². The van der Waals surface area contributed by atoms with E-state index in [0.717, 1.165) is 29.8 Å². The summed E-state index contributed by atoms with van der Waals surface area (Å²) in [5, 5.41) is 3.01. The molecule has 0 saturated heterocycles. The Labute approximate surface area is 200 Å². The molecule has 4 aromatic rings. The molecular weight excluding hydrogens is 420 g/mol. The fourth-order valence-corrected chi connectivity index (χ4v) is 4.61. The minimum absolute atomic E-state index is 0.0125. The van der Waals surface area contributed by atoms with E-state index >= 15 is 0 Å². The molecule has 4 nitrogen and oxygen atoms in total. The molecule has 5 rings (SSSR count). The van der Waals surface area contributed by atoms with E-state index in [1.165, 1.54) is 17.5 Å². The number of benzene rings is 3. The summed E-state index contributed by atoms with van der Waals surface area (Å²) in [5.74, 6) is 0.793. The first-order valence-electron chi connectivity index (χ1n) is 11.8. The van der Waals surface area contributed by atoms with Crippen molar-refractivity contribution in [2.24, 2.45) is 0 Å². The van der Waals surface area contributed by atoms with Crippen molar-refractivity contribution in [3.63, 3.8) is 0 Å². The zero-order valence-corrected chi connectivity index (χ0v) is 19.1. The summed E-state index contributed by atoms with van der Waals surface area (Å²) >= 11 is 0. The molecule has 1 aliphatic rings. The van der Waals surface area contributed by atoms with Crippen LogP contribution in [0.1, 0.15) is 52.0 Å². The predicted molar refractivity (Wildman–Crippen MR) is 134 cm³/mol. The first-order valence-corrected chi connectivity index (χ1v) is 11.8. The van der Waals surface area contributed by atoms with Crippen LogP contribution in [-0.2, 0) is 18.6 Å². The first-order chi connectivity index (χ1) is 16.7. The third-order valence-corrected chi connectivity index (χ3v) is 6.72. The highest BCUT2D eigenvalue weighted by molar-refractivity contribution is 5.94. The first kappa shape index (κ1) is 21.9. The van der Waals surface area contributed by atoms with Gasteiger partial charge in [0.15, 0.2) is 0 Å². The highest BCUT2D eigenvalue weighted by Gasteiger charge is 2.40. The molecule has 1 fully saturated rings. The lowest BCUT2D eigenvalue weighted by atomic mass is 9.60. The Kier molecular flexibility index (Phi) is 6.39. The summed E-state index contributed by atoms with van der Waals surface area (Å²) < 4.78 is 5.91. The van der Waals surface area contributed by atoms with Crippen LogP contribution in [0, 0.1) is 0 Å². The third-order valence-electron chi connectivity index (χ3n) is 6.72. The van der Waals surface area contributed by atoms with Crippen molar-refractivity contribution in [1.82, 2.24) is 10.3 Å². The lowest BCUT2D eigenvalue weighted by molar-refractivity contribution is 0.0951. The van der Waals surface area contributed by atoms with E-state index < -0.39 is 0 Å². The second-order valence-corrected chi connectivity index (χ2v) is 8.82. The van der Waals surface area contributed by atoms with Crippen molar-refractivity contribution < 1.29 is 9.53 Å². The molecule has 1 aromatic heterocycles. The van der Waals surface area contributed by atoms with Gasteiger partial charge in [-0.2, -0.15) is 0 Å². The Bertz CT molecular complexity index is 1220. The Balaban J connectivity index is 1.25. The molecule has 3 aromatic carbocycles. The largest absolute Gasteiger partial charge is 0.487 e. The highest BCUT2D eigenvalue weighted by atomic mass is 16.5. The van der Waals surface area contributed by atoms with E-state index in [2.05, 4.69) is 34.6 Å². The molecule has 0 bridgehead atoms. The molecule has 0 spiro atoms. The van der Waals surface area contributed by atoms with Gasteiger partial charge in [0.2, 0.25) is 0 Å². The average molecular weight is 449 g/mol. The topological polar surface area (TPSA) is 51.2 Å². The van der Waals surface area contributed by atoms with Gasteiger partial charge in [0.25, 0.3) is 5.91 Å². The number of carbonyl (C=O) groups is 1. The normalized spacial score (nSPS) is 14.1. The van der Waals surface area contributed by atoms with E-state index in [1.807, 2.05) is 72.8 Å². The van der Waals surface area contributed by atoms with E-state index in [-0.39, 0.29) is 11.3 Å². The predicted octanol–water partition coefficient (Wildman–Crippen LogP) is 6.06. The van der Waals surface area contributed by atoms with Crippen LogP contribution in [-0.4, -0.2) is 10.9 Å². The summed E-state index contributed by atoms with van der Waals surface area (Å²) in [6.07, 6.45) is 5.21. The van der Waals surface area contributed by atoms with Crippen molar-refractivity contribution in [1.29, 1.82) is 0 Å². The second kappa shape index (κ2) is 9.92. The quantitative estimate of drug-likeness (QED) is 0.356. The number of ether oxygens (including phenoxy) is 1. The van der Waals surface area contributed by atoms with Gasteiger partial charge in [-0.05, 0) is 65.9 Å². The molecule has 170 valence electrons. The number of rotatable bonds is 8. The van der Waals surface area contributed by atoms with Crippen molar-refractivity contribution >= 4 is 5.91 Å². The maximum absolute atomic E-state index is 12.6. The molecule has 0 radical (unpaired) electrons. The molecule has 34 heavy (non-hydrogen) atoms. The van der Waals surface area contributed by atoms with Crippen molar-refractivity contribution in [2.45, 2.75) is 37.8 Å². The lowest BCUT2D eigenvalue weighted by Gasteiger charge is -2.43. The van der Waals surface area contributed by atoms with Crippen molar-refractivity contribution in [2.75, 3.05) is 0 Å². The van der Waals surface area contributed by atoms with E-state index in [0.29, 0.717) is 18.7 Å². The number of nitrogens with one attached hydrogen (secondary N) is 1. The van der Waals surface area contributed by atoms with Gasteiger partial charge in [-0.25, -0.2) is 0 Å². The zero-order valence-electron chi connectivity index (χ0n) is 19.1. The molecule has 0 atom stereocenters. The fraction of sp³-hybridized carbons (Fsp3) is 0.200. The maximum Gasteiger partial charge on any atom is 0.251 e. The summed E-state index contributed by atoms with van der Waals surface area (Å²) in [6.45, 7) is 0.985. The highest BCUT2D eigenvalue weighted by Crippen LogP contribution is 2.49. The summed E-state index contributed by atoms with van der Waals surface area (Å²) in [7, 11) is 0. The Morgan fingerprint density at radius 3 is 2.12 bits per heavy atom. The van der Waals surface area contributed by atoms with Gasteiger partial charge in [0.1, 0.15) is 12.4 Å². The number of carbonyl (C=O) groups excluding carboxylic acids is 1. The molecular formula is C30H28N2O2. The van der Waals surface area contributed by atoms with Crippen LogP contribution in [0.4, 0.5) is 0 Å². The van der Waals surface area contributed by atoms with E-state index in [9.17, 15) is 4.79 Å². The minimum Gasteiger partial charge on any atom is -0.487 e. The lowest BCUT2D eigenvalue weighted by Crippen LogP contribution is -2.35. The zero-order chi connectivity index (χ0) is 23.2. The van der Waals surface area contributed by atoms with Crippen LogP contribution in [0.25, 0.3) is 0 Å². The summed E-state index contributed by atoms with van der Waals surface area (Å²) in [4.78, 5) is 16.9. The van der Waals surface area contributed by atoms with Gasteiger partial charge in [0.05, 0.1) is 5.69 Å². The SMILES string of the molecule is O=C(NCc1ccccc1)c1ccc(C2(c3ccc(OCc4ccccn4)cc3)CCC2)cc1. The molecule has 1 N–H and O–H groups in total. The summed E-state index contributed by atoms with van der Waals surface area (Å²) in [5.41, 5.74) is 5.26.